The summed E-state index contributed by atoms with van der Waals surface area (Å²) in [4.78, 5) is 16.1. The first-order valence-electron chi connectivity index (χ1n) is 15.3. The number of thiophene rings is 8. The highest BCUT2D eigenvalue weighted by Gasteiger charge is 2.25. The van der Waals surface area contributed by atoms with Gasteiger partial charge < -0.3 is 0 Å². The first-order chi connectivity index (χ1) is 23.8. The molecule has 0 unspecified atom stereocenters. The molecule has 48 heavy (non-hydrogen) atoms. The summed E-state index contributed by atoms with van der Waals surface area (Å²) in [5.41, 5.74) is 2.74. The fraction of sp³-hybridized carbons (Fsp3) is 0. The summed E-state index contributed by atoms with van der Waals surface area (Å²) in [6.07, 6.45) is 0. The van der Waals surface area contributed by atoms with Gasteiger partial charge in [-0.15, -0.1) is 90.7 Å². The average molecular weight is 759 g/mol. The number of hydrogen-bond donors (Lipinski definition) is 0. The zero-order valence-electron chi connectivity index (χ0n) is 25.0. The molecule has 0 nitrogen and oxygen atoms in total. The fourth-order valence-electron chi connectivity index (χ4n) is 6.16. The van der Waals surface area contributed by atoms with Gasteiger partial charge in [-0.1, -0.05) is 48.5 Å². The molecule has 0 aliphatic carbocycles. The monoisotopic (exact) mass is 758 g/mol. The van der Waals surface area contributed by atoms with Gasteiger partial charge >= 0.3 is 0 Å². The van der Waals surface area contributed by atoms with E-state index in [0.29, 0.717) is 0 Å². The van der Waals surface area contributed by atoms with Gasteiger partial charge in [-0.05, 0) is 83.6 Å². The second kappa shape index (κ2) is 12.2. The van der Waals surface area contributed by atoms with Gasteiger partial charge in [-0.25, -0.2) is 0 Å². The van der Waals surface area contributed by atoms with Gasteiger partial charge in [0.25, 0.3) is 0 Å². The van der Waals surface area contributed by atoms with E-state index < -0.39 is 0 Å². The largest absolute Gasteiger partial charge is 0.143 e. The van der Waals surface area contributed by atoms with Crippen LogP contribution in [0.25, 0.3) is 89.8 Å². The smallest absolute Gasteiger partial charge is 0.0534 e. The Labute approximate surface area is 309 Å². The maximum atomic E-state index is 2.35. The molecule has 0 saturated heterocycles. The second-order valence-electron chi connectivity index (χ2n) is 11.2. The Bertz CT molecular complexity index is 2490. The van der Waals surface area contributed by atoms with Gasteiger partial charge in [-0.3, -0.25) is 0 Å². The normalized spacial score (nSPS) is 11.8. The first kappa shape index (κ1) is 29.5. The molecule has 0 radical (unpaired) electrons. The van der Waals surface area contributed by atoms with Gasteiger partial charge in [0.1, 0.15) is 0 Å². The van der Waals surface area contributed by atoms with E-state index in [4.69, 9.17) is 0 Å². The van der Waals surface area contributed by atoms with Crippen molar-refractivity contribution in [2.75, 3.05) is 0 Å². The predicted molar refractivity (Wildman–Crippen MR) is 223 cm³/mol. The number of fused-ring (bicyclic) bond motifs is 2. The summed E-state index contributed by atoms with van der Waals surface area (Å²) in [7, 11) is 0. The lowest BCUT2D eigenvalue weighted by molar-refractivity contribution is 1.80. The van der Waals surface area contributed by atoms with Gasteiger partial charge in [-0.2, -0.15) is 0 Å². The Kier molecular flexibility index (Phi) is 7.47. The highest BCUT2D eigenvalue weighted by Crippen LogP contribution is 2.55. The van der Waals surface area contributed by atoms with Gasteiger partial charge in [0.2, 0.25) is 0 Å². The van der Waals surface area contributed by atoms with E-state index in [1.54, 1.807) is 0 Å². The third-order valence-corrected chi connectivity index (χ3v) is 17.9. The minimum Gasteiger partial charge on any atom is -0.143 e. The van der Waals surface area contributed by atoms with Gasteiger partial charge in [0, 0.05) is 80.1 Å². The summed E-state index contributed by atoms with van der Waals surface area (Å²) in [6, 6.07) is 45.1. The molecular weight excluding hydrogens is 737 g/mol. The standard InChI is InChI=1S/C40H22S8/c1-3-9-25-23(7-1)37(39(47-25)35-19-17-33(45-35)31-15-13-29(43-31)27-11-5-21-41-27)38-24-8-2-4-10-26(24)48-40(38)36-20-18-34(46-36)32-16-14-30(44-32)28-12-6-22-42-28/h1-22H. The van der Waals surface area contributed by atoms with Crippen LogP contribution in [0.4, 0.5) is 0 Å². The molecule has 10 rings (SSSR count). The highest BCUT2D eigenvalue weighted by atomic mass is 32.1. The number of benzene rings is 2. The van der Waals surface area contributed by atoms with E-state index in [1.165, 1.54) is 89.8 Å². The maximum absolute atomic E-state index is 2.35. The predicted octanol–water partition coefficient (Wildman–Crippen LogP) is 16.2. The quantitative estimate of drug-likeness (QED) is 0.152. The minimum atomic E-state index is 1.33. The molecule has 0 atom stereocenters. The topological polar surface area (TPSA) is 0 Å². The van der Waals surface area contributed by atoms with Gasteiger partial charge in [0.15, 0.2) is 0 Å². The third kappa shape index (κ3) is 5.06. The van der Waals surface area contributed by atoms with Crippen LogP contribution in [0.15, 0.2) is 132 Å². The molecule has 10 aromatic rings. The van der Waals surface area contributed by atoms with E-state index in [1.807, 2.05) is 90.7 Å². The van der Waals surface area contributed by atoms with Crippen molar-refractivity contribution in [3.8, 4) is 69.7 Å². The van der Waals surface area contributed by atoms with Crippen molar-refractivity contribution in [1.82, 2.24) is 0 Å². The molecule has 0 bridgehead atoms. The van der Waals surface area contributed by atoms with Crippen molar-refractivity contribution in [3.63, 3.8) is 0 Å². The van der Waals surface area contributed by atoms with Crippen LogP contribution in [0.1, 0.15) is 0 Å². The number of hydrogen-bond acceptors (Lipinski definition) is 8. The first-order valence-corrected chi connectivity index (χ1v) is 21.9. The summed E-state index contributed by atoms with van der Waals surface area (Å²) < 4.78 is 2.67. The minimum absolute atomic E-state index is 1.33. The van der Waals surface area contributed by atoms with Crippen molar-refractivity contribution in [2.45, 2.75) is 0 Å². The second-order valence-corrected chi connectivity index (χ2v) is 19.5. The summed E-state index contributed by atoms with van der Waals surface area (Å²) in [6.45, 7) is 0. The van der Waals surface area contributed by atoms with Crippen LogP contribution in [-0.4, -0.2) is 0 Å². The lowest BCUT2D eigenvalue weighted by atomic mass is 9.97. The van der Waals surface area contributed by atoms with Gasteiger partial charge in [0.05, 0.1) is 9.75 Å². The average Bonchev–Trinajstić information content (AvgIpc) is 3.97. The zero-order chi connectivity index (χ0) is 31.6. The Balaban J connectivity index is 1.12. The van der Waals surface area contributed by atoms with E-state index in [-0.39, 0.29) is 0 Å². The zero-order valence-corrected chi connectivity index (χ0v) is 31.5. The van der Waals surface area contributed by atoms with Crippen LogP contribution >= 0.6 is 90.7 Å². The Morgan fingerprint density at radius 3 is 1.02 bits per heavy atom. The molecular formula is C40H22S8. The SMILES string of the molecule is c1csc(-c2ccc(-c3ccc(-c4sc5ccccc5c4-c4c(-c5ccc(-c6ccc(-c7cccs7)s6)s5)sc5ccccc45)s3)s2)c1. The lowest BCUT2D eigenvalue weighted by Gasteiger charge is -2.07. The molecule has 0 spiro atoms. The van der Waals surface area contributed by atoms with Crippen LogP contribution < -0.4 is 0 Å². The molecule has 0 saturated carbocycles. The summed E-state index contributed by atoms with van der Waals surface area (Å²) in [5.74, 6) is 0. The van der Waals surface area contributed by atoms with Crippen molar-refractivity contribution < 1.29 is 0 Å². The molecule has 8 heterocycles. The van der Waals surface area contributed by atoms with Crippen molar-refractivity contribution in [2.24, 2.45) is 0 Å². The molecule has 0 N–H and O–H groups in total. The van der Waals surface area contributed by atoms with Crippen LogP contribution in [-0.2, 0) is 0 Å². The third-order valence-electron chi connectivity index (χ3n) is 8.33. The van der Waals surface area contributed by atoms with E-state index >= 15 is 0 Å². The number of rotatable bonds is 7. The van der Waals surface area contributed by atoms with E-state index in [0.717, 1.165) is 0 Å². The molecule has 0 amide bonds. The lowest BCUT2D eigenvalue weighted by Crippen LogP contribution is -1.80. The van der Waals surface area contributed by atoms with Crippen LogP contribution in [0.2, 0.25) is 0 Å². The van der Waals surface area contributed by atoms with E-state index in [2.05, 4.69) is 132 Å². The van der Waals surface area contributed by atoms with Crippen molar-refractivity contribution >= 4 is 111 Å². The summed E-state index contributed by atoms with van der Waals surface area (Å²) in [5, 5.41) is 6.99. The fourth-order valence-corrected chi connectivity index (χ4v) is 14.7. The van der Waals surface area contributed by atoms with E-state index in [9.17, 15) is 0 Å². The Morgan fingerprint density at radius 1 is 0.271 bits per heavy atom. The molecule has 2 aromatic carbocycles. The van der Waals surface area contributed by atoms with Crippen molar-refractivity contribution in [3.05, 3.63) is 132 Å². The van der Waals surface area contributed by atoms with Crippen molar-refractivity contribution in [1.29, 1.82) is 0 Å². The van der Waals surface area contributed by atoms with Crippen LogP contribution in [0.5, 0.6) is 0 Å². The molecule has 8 heteroatoms. The molecule has 230 valence electrons. The van der Waals surface area contributed by atoms with Crippen LogP contribution in [0.3, 0.4) is 0 Å². The molecule has 0 aliphatic heterocycles. The highest BCUT2D eigenvalue weighted by molar-refractivity contribution is 7.31. The molecule has 8 aromatic heterocycles. The Hall–Kier alpha value is -3.44. The molecule has 0 aliphatic rings. The Morgan fingerprint density at radius 2 is 0.625 bits per heavy atom. The summed E-state index contributed by atoms with van der Waals surface area (Å²) >= 11 is 15.1. The molecule has 0 fully saturated rings. The van der Waals surface area contributed by atoms with Crippen LogP contribution in [0, 0.1) is 0 Å². The maximum Gasteiger partial charge on any atom is 0.0534 e.